The maximum Gasteiger partial charge on any atom is 0.409 e. The molecule has 1 saturated heterocycles. The predicted molar refractivity (Wildman–Crippen MR) is 75.4 cm³/mol. The molecule has 1 aliphatic heterocycles. The molecule has 2 heterocycles. The summed E-state index contributed by atoms with van der Waals surface area (Å²) in [7, 11) is 1.84. The molecule has 7 nitrogen and oxygen atoms in total. The molecule has 1 amide bonds. The molecule has 20 heavy (non-hydrogen) atoms. The Morgan fingerprint density at radius 1 is 1.40 bits per heavy atom. The van der Waals surface area contributed by atoms with Gasteiger partial charge in [-0.2, -0.15) is 5.10 Å². The minimum Gasteiger partial charge on any atom is -0.465 e. The molecule has 0 radical (unpaired) electrons. The summed E-state index contributed by atoms with van der Waals surface area (Å²) >= 11 is 0. The molecule has 0 saturated carbocycles. The van der Waals surface area contributed by atoms with Crippen molar-refractivity contribution in [3.05, 3.63) is 18.3 Å². The highest BCUT2D eigenvalue weighted by Gasteiger charge is 2.17. The second-order valence-electron chi connectivity index (χ2n) is 4.73. The van der Waals surface area contributed by atoms with E-state index in [9.17, 15) is 4.79 Å². The van der Waals surface area contributed by atoms with Crippen LogP contribution in [0.2, 0.25) is 0 Å². The van der Waals surface area contributed by atoms with Gasteiger partial charge < -0.3 is 14.7 Å². The first-order valence-electron chi connectivity index (χ1n) is 6.43. The van der Waals surface area contributed by atoms with Crippen molar-refractivity contribution < 1.29 is 14.6 Å². The van der Waals surface area contributed by atoms with E-state index in [1.165, 1.54) is 0 Å². The van der Waals surface area contributed by atoms with E-state index in [0.29, 0.717) is 18.9 Å². The first-order chi connectivity index (χ1) is 9.65. The zero-order valence-corrected chi connectivity index (χ0v) is 11.2. The number of aromatic nitrogens is 2. The van der Waals surface area contributed by atoms with Gasteiger partial charge in [-0.15, -0.1) is 0 Å². The summed E-state index contributed by atoms with van der Waals surface area (Å²) in [5.41, 5.74) is 2.44. The number of hydrogen-bond donors (Lipinski definition) is 2. The molecule has 2 N–H and O–H groups in total. The fourth-order valence-corrected chi connectivity index (χ4v) is 2.49. The highest BCUT2D eigenvalue weighted by Crippen LogP contribution is 2.31. The lowest BCUT2D eigenvalue weighted by Crippen LogP contribution is -2.36. The Balaban J connectivity index is 2.09. The van der Waals surface area contributed by atoms with E-state index in [-0.39, 0.29) is 0 Å². The zero-order chi connectivity index (χ0) is 14.1. The molecule has 1 aromatic carbocycles. The van der Waals surface area contributed by atoms with Crippen LogP contribution in [0.15, 0.2) is 18.3 Å². The molecular weight excluding hydrogens is 260 g/mol. The molecule has 0 spiro atoms. The molecule has 0 atom stereocenters. The third-order valence-electron chi connectivity index (χ3n) is 3.45. The average molecular weight is 276 g/mol. The fraction of sp³-hybridized carbons (Fsp3) is 0.385. The molecule has 7 heteroatoms. The number of aryl methyl sites for hydroxylation is 1. The van der Waals surface area contributed by atoms with Gasteiger partial charge in [-0.3, -0.25) is 10.00 Å². The Kier molecular flexibility index (Phi) is 3.19. The van der Waals surface area contributed by atoms with Crippen LogP contribution in [0.25, 0.3) is 10.9 Å². The number of anilines is 2. The van der Waals surface area contributed by atoms with Crippen molar-refractivity contribution in [1.29, 1.82) is 0 Å². The summed E-state index contributed by atoms with van der Waals surface area (Å²) < 4.78 is 7.10. The maximum atomic E-state index is 10.8. The zero-order valence-electron chi connectivity index (χ0n) is 11.2. The summed E-state index contributed by atoms with van der Waals surface area (Å²) in [5.74, 6) is 0. The standard InChI is InChI=1S/C13H16N4O3/c1-16-11-6-9(15-13(18)19)7-12(10(11)8-14-16)17-2-4-20-5-3-17/h6-8,15H,2-5H2,1H3,(H,18,19). The van der Waals surface area contributed by atoms with Crippen LogP contribution in [0.1, 0.15) is 0 Å². The lowest BCUT2D eigenvalue weighted by molar-refractivity contribution is 0.123. The molecule has 0 unspecified atom stereocenters. The number of carbonyl (C=O) groups is 1. The predicted octanol–water partition coefficient (Wildman–Crippen LogP) is 1.50. The molecule has 1 fully saturated rings. The number of nitrogens with zero attached hydrogens (tertiary/aromatic N) is 3. The van der Waals surface area contributed by atoms with Crippen molar-refractivity contribution >= 4 is 28.4 Å². The SMILES string of the molecule is Cn1ncc2c(N3CCOCC3)cc(NC(=O)O)cc21. The van der Waals surface area contributed by atoms with Crippen LogP contribution in [0, 0.1) is 0 Å². The van der Waals surface area contributed by atoms with Gasteiger partial charge in [0, 0.05) is 36.9 Å². The van der Waals surface area contributed by atoms with Crippen molar-refractivity contribution in [2.45, 2.75) is 0 Å². The number of rotatable bonds is 2. The lowest BCUT2D eigenvalue weighted by Gasteiger charge is -2.29. The number of ether oxygens (including phenoxy) is 1. The van der Waals surface area contributed by atoms with Gasteiger partial charge in [-0.25, -0.2) is 4.79 Å². The minimum absolute atomic E-state index is 0.551. The van der Waals surface area contributed by atoms with E-state index >= 15 is 0 Å². The number of benzene rings is 1. The highest BCUT2D eigenvalue weighted by molar-refractivity contribution is 5.97. The largest absolute Gasteiger partial charge is 0.465 e. The smallest absolute Gasteiger partial charge is 0.409 e. The van der Waals surface area contributed by atoms with Gasteiger partial charge in [0.25, 0.3) is 0 Å². The van der Waals surface area contributed by atoms with Crippen molar-refractivity contribution in [2.24, 2.45) is 7.05 Å². The Bertz CT molecular complexity index is 646. The van der Waals surface area contributed by atoms with Crippen LogP contribution in [-0.4, -0.2) is 47.3 Å². The van der Waals surface area contributed by atoms with Crippen LogP contribution < -0.4 is 10.2 Å². The second-order valence-corrected chi connectivity index (χ2v) is 4.73. The molecule has 2 aromatic rings. The first-order valence-corrected chi connectivity index (χ1v) is 6.43. The van der Waals surface area contributed by atoms with Gasteiger partial charge in [-0.05, 0) is 12.1 Å². The van der Waals surface area contributed by atoms with Crippen LogP contribution >= 0.6 is 0 Å². The first kappa shape index (κ1) is 12.7. The minimum atomic E-state index is -1.07. The second kappa shape index (κ2) is 5.01. The third-order valence-corrected chi connectivity index (χ3v) is 3.45. The number of nitrogens with one attached hydrogen (secondary N) is 1. The third kappa shape index (κ3) is 2.27. The summed E-state index contributed by atoms with van der Waals surface area (Å²) in [6.45, 7) is 2.94. The normalized spacial score (nSPS) is 15.6. The van der Waals surface area contributed by atoms with E-state index in [1.807, 2.05) is 19.3 Å². The molecule has 1 aromatic heterocycles. The van der Waals surface area contributed by atoms with Gasteiger partial charge >= 0.3 is 6.09 Å². The van der Waals surface area contributed by atoms with E-state index < -0.39 is 6.09 Å². The Morgan fingerprint density at radius 2 is 2.15 bits per heavy atom. The summed E-state index contributed by atoms with van der Waals surface area (Å²) in [6, 6.07) is 3.64. The van der Waals surface area contributed by atoms with Crippen molar-refractivity contribution in [2.75, 3.05) is 36.5 Å². The maximum absolute atomic E-state index is 10.8. The topological polar surface area (TPSA) is 79.6 Å². The van der Waals surface area contributed by atoms with Crippen LogP contribution in [0.3, 0.4) is 0 Å². The van der Waals surface area contributed by atoms with Crippen molar-refractivity contribution in [1.82, 2.24) is 9.78 Å². The van der Waals surface area contributed by atoms with E-state index in [2.05, 4.69) is 15.3 Å². The molecule has 0 aliphatic carbocycles. The average Bonchev–Trinajstić information content (AvgIpc) is 2.80. The van der Waals surface area contributed by atoms with E-state index in [1.54, 1.807) is 10.7 Å². The van der Waals surface area contributed by atoms with Gasteiger partial charge in [0.2, 0.25) is 0 Å². The van der Waals surface area contributed by atoms with E-state index in [4.69, 9.17) is 9.84 Å². The highest BCUT2D eigenvalue weighted by atomic mass is 16.5. The molecule has 106 valence electrons. The number of fused-ring (bicyclic) bond motifs is 1. The van der Waals surface area contributed by atoms with Gasteiger partial charge in [-0.1, -0.05) is 0 Å². The summed E-state index contributed by atoms with van der Waals surface area (Å²) in [6.07, 6.45) is 0.740. The van der Waals surface area contributed by atoms with Crippen LogP contribution in [0.5, 0.6) is 0 Å². The molecule has 3 rings (SSSR count). The van der Waals surface area contributed by atoms with Gasteiger partial charge in [0.1, 0.15) is 0 Å². The number of morpholine rings is 1. The van der Waals surface area contributed by atoms with Crippen molar-refractivity contribution in [3.8, 4) is 0 Å². The Morgan fingerprint density at radius 3 is 2.85 bits per heavy atom. The lowest BCUT2D eigenvalue weighted by atomic mass is 10.1. The summed E-state index contributed by atoms with van der Waals surface area (Å²) in [5, 5.41) is 16.6. The van der Waals surface area contributed by atoms with Gasteiger partial charge in [0.15, 0.2) is 0 Å². The van der Waals surface area contributed by atoms with E-state index in [0.717, 1.165) is 29.7 Å². The quantitative estimate of drug-likeness (QED) is 0.869. The molecule has 0 bridgehead atoms. The van der Waals surface area contributed by atoms with Crippen molar-refractivity contribution in [3.63, 3.8) is 0 Å². The van der Waals surface area contributed by atoms with Gasteiger partial charge in [0.05, 0.1) is 24.9 Å². The summed E-state index contributed by atoms with van der Waals surface area (Å²) in [4.78, 5) is 13.0. The molecule has 1 aliphatic rings. The number of carboxylic acid groups (broad SMARTS) is 1. The monoisotopic (exact) mass is 276 g/mol. The Labute approximate surface area is 115 Å². The fourth-order valence-electron chi connectivity index (χ4n) is 2.49. The van der Waals surface area contributed by atoms with Crippen LogP contribution in [-0.2, 0) is 11.8 Å². The number of amides is 1. The number of hydrogen-bond acceptors (Lipinski definition) is 4. The van der Waals surface area contributed by atoms with Crippen LogP contribution in [0.4, 0.5) is 16.2 Å². The molecular formula is C13H16N4O3. The Hall–Kier alpha value is -2.28.